The van der Waals surface area contributed by atoms with E-state index in [0.29, 0.717) is 10.6 Å². The smallest absolute Gasteiger partial charge is 0.244 e. The van der Waals surface area contributed by atoms with Crippen molar-refractivity contribution in [1.29, 1.82) is 0 Å². The van der Waals surface area contributed by atoms with E-state index in [1.54, 1.807) is 13.0 Å². The Bertz CT molecular complexity index is 760. The van der Waals surface area contributed by atoms with Crippen LogP contribution in [0.25, 0.3) is 0 Å². The lowest BCUT2D eigenvalue weighted by atomic mass is 10.2. The molecular formula is C15H17Cl2NO4S. The summed E-state index contributed by atoms with van der Waals surface area (Å²) < 4.78 is 37.2. The van der Waals surface area contributed by atoms with Gasteiger partial charge in [0, 0.05) is 30.8 Å². The first kappa shape index (κ1) is 18.3. The van der Waals surface area contributed by atoms with Crippen LogP contribution in [0.5, 0.6) is 0 Å². The van der Waals surface area contributed by atoms with E-state index in [9.17, 15) is 8.42 Å². The van der Waals surface area contributed by atoms with Crippen molar-refractivity contribution in [2.75, 3.05) is 20.3 Å². The zero-order valence-corrected chi connectivity index (χ0v) is 15.1. The van der Waals surface area contributed by atoms with Gasteiger partial charge in [-0.2, -0.15) is 4.31 Å². The lowest BCUT2D eigenvalue weighted by molar-refractivity contribution is 0.177. The van der Waals surface area contributed by atoms with Crippen LogP contribution < -0.4 is 0 Å². The van der Waals surface area contributed by atoms with Crippen LogP contribution in [0.3, 0.4) is 0 Å². The van der Waals surface area contributed by atoms with E-state index in [2.05, 4.69) is 0 Å². The van der Waals surface area contributed by atoms with Crippen LogP contribution in [0.4, 0.5) is 0 Å². The molecule has 1 aromatic heterocycles. The van der Waals surface area contributed by atoms with Gasteiger partial charge in [-0.3, -0.25) is 0 Å². The van der Waals surface area contributed by atoms with Crippen molar-refractivity contribution in [1.82, 2.24) is 4.31 Å². The van der Waals surface area contributed by atoms with Gasteiger partial charge in [0.05, 0.1) is 24.2 Å². The summed E-state index contributed by atoms with van der Waals surface area (Å²) in [5.41, 5.74) is 1.39. The van der Waals surface area contributed by atoms with Crippen molar-refractivity contribution in [3.8, 4) is 0 Å². The molecule has 0 bridgehead atoms. The number of nitrogens with zero attached hydrogens (tertiary/aromatic N) is 1. The van der Waals surface area contributed by atoms with Crippen molar-refractivity contribution in [3.63, 3.8) is 0 Å². The normalized spacial score (nSPS) is 12.0. The average molecular weight is 378 g/mol. The molecule has 8 heteroatoms. The minimum Gasteiger partial charge on any atom is -0.472 e. The number of furan rings is 1. The van der Waals surface area contributed by atoms with Gasteiger partial charge in [0.25, 0.3) is 0 Å². The Morgan fingerprint density at radius 1 is 1.26 bits per heavy atom. The highest BCUT2D eigenvalue weighted by atomic mass is 35.5. The maximum atomic E-state index is 13.0. The Kier molecular flexibility index (Phi) is 6.11. The Labute approximate surface area is 145 Å². The Balaban J connectivity index is 2.41. The Hall–Kier alpha value is -1.05. The second kappa shape index (κ2) is 7.68. The lowest BCUT2D eigenvalue weighted by Gasteiger charge is -2.22. The van der Waals surface area contributed by atoms with E-state index in [1.165, 1.54) is 36.1 Å². The number of hydrogen-bond donors (Lipinski definition) is 0. The second-order valence-electron chi connectivity index (χ2n) is 4.99. The molecule has 5 nitrogen and oxygen atoms in total. The highest BCUT2D eigenvalue weighted by Crippen LogP contribution is 2.30. The van der Waals surface area contributed by atoms with Crippen molar-refractivity contribution >= 4 is 33.2 Å². The van der Waals surface area contributed by atoms with E-state index in [-0.39, 0.29) is 29.6 Å². The molecule has 0 fully saturated rings. The zero-order valence-electron chi connectivity index (χ0n) is 12.8. The maximum absolute atomic E-state index is 13.0. The third-order valence-electron chi connectivity index (χ3n) is 3.31. The lowest BCUT2D eigenvalue weighted by Crippen LogP contribution is -2.33. The molecule has 0 saturated heterocycles. The summed E-state index contributed by atoms with van der Waals surface area (Å²) >= 11 is 12.1. The van der Waals surface area contributed by atoms with E-state index in [1.807, 2.05) is 0 Å². The summed E-state index contributed by atoms with van der Waals surface area (Å²) in [7, 11) is -2.28. The fraction of sp³-hybridized carbons (Fsp3) is 0.333. The minimum absolute atomic E-state index is 0.0284. The quantitative estimate of drug-likeness (QED) is 0.737. The molecule has 0 aliphatic carbocycles. The Morgan fingerprint density at radius 2 is 2.00 bits per heavy atom. The summed E-state index contributed by atoms with van der Waals surface area (Å²) in [6.07, 6.45) is 3.00. The minimum atomic E-state index is -3.80. The maximum Gasteiger partial charge on any atom is 0.244 e. The first-order chi connectivity index (χ1) is 10.9. The van der Waals surface area contributed by atoms with E-state index in [4.69, 9.17) is 32.4 Å². The predicted octanol–water partition coefficient (Wildman–Crippen LogP) is 3.73. The van der Waals surface area contributed by atoms with Crippen LogP contribution in [0.2, 0.25) is 10.0 Å². The molecule has 0 N–H and O–H groups in total. The molecule has 0 amide bonds. The fourth-order valence-electron chi connectivity index (χ4n) is 2.03. The van der Waals surface area contributed by atoms with Crippen molar-refractivity contribution < 1.29 is 17.6 Å². The fourth-order valence-corrected chi connectivity index (χ4v) is 4.25. The number of halogens is 2. The number of benzene rings is 1. The SMILES string of the molecule is COCCN(Cc1ccoc1)S(=O)(=O)c1cc(C)c(Cl)cc1Cl. The van der Waals surface area contributed by atoms with Crippen molar-refractivity contribution in [3.05, 3.63) is 51.9 Å². The largest absolute Gasteiger partial charge is 0.472 e. The van der Waals surface area contributed by atoms with E-state index < -0.39 is 10.0 Å². The molecule has 0 aliphatic rings. The highest BCUT2D eigenvalue weighted by Gasteiger charge is 2.27. The summed E-state index contributed by atoms with van der Waals surface area (Å²) in [4.78, 5) is 0.0284. The van der Waals surface area contributed by atoms with Crippen LogP contribution in [0.15, 0.2) is 40.0 Å². The van der Waals surface area contributed by atoms with E-state index in [0.717, 1.165) is 5.56 Å². The van der Waals surface area contributed by atoms with E-state index >= 15 is 0 Å². The summed E-state index contributed by atoms with van der Waals surface area (Å²) in [6.45, 7) is 2.36. The van der Waals surface area contributed by atoms with Gasteiger partial charge in [0.2, 0.25) is 10.0 Å². The van der Waals surface area contributed by atoms with Crippen LogP contribution in [0.1, 0.15) is 11.1 Å². The number of aryl methyl sites for hydroxylation is 1. The average Bonchev–Trinajstić information content (AvgIpc) is 3.00. The molecular weight excluding hydrogens is 361 g/mol. The summed E-state index contributed by atoms with van der Waals surface area (Å²) in [5.74, 6) is 0. The van der Waals surface area contributed by atoms with Gasteiger partial charge in [-0.25, -0.2) is 8.42 Å². The second-order valence-corrected chi connectivity index (χ2v) is 7.72. The molecule has 1 aromatic carbocycles. The van der Waals surface area contributed by atoms with Crippen LogP contribution in [-0.2, 0) is 21.3 Å². The number of rotatable bonds is 7. The topological polar surface area (TPSA) is 59.8 Å². The van der Waals surface area contributed by atoms with Crippen LogP contribution in [0, 0.1) is 6.92 Å². The van der Waals surface area contributed by atoms with Crippen molar-refractivity contribution in [2.45, 2.75) is 18.4 Å². The molecule has 0 aliphatic heterocycles. The van der Waals surface area contributed by atoms with Gasteiger partial charge in [0.1, 0.15) is 4.90 Å². The van der Waals surface area contributed by atoms with Crippen molar-refractivity contribution in [2.24, 2.45) is 0 Å². The predicted molar refractivity (Wildman–Crippen MR) is 89.4 cm³/mol. The van der Waals surface area contributed by atoms with Gasteiger partial charge in [-0.15, -0.1) is 0 Å². The van der Waals surface area contributed by atoms with Gasteiger partial charge in [-0.05, 0) is 30.7 Å². The van der Waals surface area contributed by atoms with Crippen LogP contribution >= 0.6 is 23.2 Å². The zero-order chi connectivity index (χ0) is 17.0. The third-order valence-corrected chi connectivity index (χ3v) is 6.03. The number of methoxy groups -OCH3 is 1. The van der Waals surface area contributed by atoms with Gasteiger partial charge in [-0.1, -0.05) is 23.2 Å². The highest BCUT2D eigenvalue weighted by molar-refractivity contribution is 7.89. The number of ether oxygens (including phenoxy) is 1. The molecule has 0 radical (unpaired) electrons. The monoisotopic (exact) mass is 377 g/mol. The molecule has 0 spiro atoms. The molecule has 2 aromatic rings. The summed E-state index contributed by atoms with van der Waals surface area (Å²) in [6, 6.07) is 4.64. The summed E-state index contributed by atoms with van der Waals surface area (Å²) in [5, 5.41) is 0.516. The van der Waals surface area contributed by atoms with Gasteiger partial charge < -0.3 is 9.15 Å². The van der Waals surface area contributed by atoms with Gasteiger partial charge >= 0.3 is 0 Å². The molecule has 1 heterocycles. The van der Waals surface area contributed by atoms with Crippen LogP contribution in [-0.4, -0.2) is 33.0 Å². The number of hydrogen-bond acceptors (Lipinski definition) is 4. The molecule has 23 heavy (non-hydrogen) atoms. The van der Waals surface area contributed by atoms with Gasteiger partial charge in [0.15, 0.2) is 0 Å². The molecule has 2 rings (SSSR count). The Morgan fingerprint density at radius 3 is 2.61 bits per heavy atom. The standard InChI is InChI=1S/C15H17Cl2NO4S/c1-11-7-15(14(17)8-13(11)16)23(19,20)18(4-6-21-2)9-12-3-5-22-10-12/h3,5,7-8,10H,4,6,9H2,1-2H3. The first-order valence-electron chi connectivity index (χ1n) is 6.82. The molecule has 0 saturated carbocycles. The first-order valence-corrected chi connectivity index (χ1v) is 9.01. The molecule has 0 atom stereocenters. The molecule has 0 unspecified atom stereocenters. The third kappa shape index (κ3) is 4.28. The number of sulfonamides is 1. The molecule has 126 valence electrons.